The van der Waals surface area contributed by atoms with Crippen LogP contribution in [0.5, 0.6) is 5.75 Å². The van der Waals surface area contributed by atoms with Crippen molar-refractivity contribution in [2.45, 2.75) is 11.8 Å². The largest absolute Gasteiger partial charge is 0.497 e. The summed E-state index contributed by atoms with van der Waals surface area (Å²) in [5, 5.41) is 6.98. The zero-order chi connectivity index (χ0) is 31.5. The molecule has 1 aliphatic rings. The topological polar surface area (TPSA) is 76.5 Å². The summed E-state index contributed by atoms with van der Waals surface area (Å²) in [5.41, 5.74) is 3.14. The molecule has 0 saturated carbocycles. The Hall–Kier alpha value is -5.03. The van der Waals surface area contributed by atoms with E-state index in [4.69, 9.17) is 9.84 Å². The molecule has 45 heavy (non-hydrogen) atoms. The summed E-state index contributed by atoms with van der Waals surface area (Å²) >= 11 is 1.18. The van der Waals surface area contributed by atoms with Crippen molar-refractivity contribution in [2.24, 2.45) is 0 Å². The molecule has 1 aliphatic heterocycles. The Morgan fingerprint density at radius 2 is 1.67 bits per heavy atom. The van der Waals surface area contributed by atoms with Crippen molar-refractivity contribution in [2.75, 3.05) is 24.3 Å². The second-order valence-electron chi connectivity index (χ2n) is 10.3. The Balaban J connectivity index is 1.51. The second-order valence-corrected chi connectivity index (χ2v) is 11.4. The van der Waals surface area contributed by atoms with Gasteiger partial charge in [-0.25, -0.2) is 17.9 Å². The van der Waals surface area contributed by atoms with Crippen LogP contribution in [0.15, 0.2) is 97.1 Å². The van der Waals surface area contributed by atoms with E-state index in [1.165, 1.54) is 40.9 Å². The molecule has 4 aromatic carbocycles. The lowest BCUT2D eigenvalue weighted by atomic mass is 9.99. The molecule has 1 aromatic heterocycles. The smallest absolute Gasteiger partial charge is 0.240 e. The second kappa shape index (κ2) is 12.9. The Bertz CT molecular complexity index is 1850. The van der Waals surface area contributed by atoms with Gasteiger partial charge in [-0.15, -0.1) is 11.8 Å². The summed E-state index contributed by atoms with van der Waals surface area (Å²) in [6.45, 7) is -0.235. The van der Waals surface area contributed by atoms with Crippen molar-refractivity contribution in [1.29, 1.82) is 0 Å². The maximum atomic E-state index is 15.4. The van der Waals surface area contributed by atoms with Crippen LogP contribution in [0.2, 0.25) is 0 Å². The molecule has 0 fully saturated rings. The van der Waals surface area contributed by atoms with Crippen LogP contribution >= 0.6 is 11.8 Å². The summed E-state index contributed by atoms with van der Waals surface area (Å²) in [4.78, 5) is 28.5. The third-order valence-electron chi connectivity index (χ3n) is 7.40. The third kappa shape index (κ3) is 6.30. The maximum Gasteiger partial charge on any atom is 0.240 e. The minimum absolute atomic E-state index is 0.0851. The first-order chi connectivity index (χ1) is 21.8. The molecule has 2 amide bonds. The summed E-state index contributed by atoms with van der Waals surface area (Å²) in [7, 11) is 1.55. The lowest BCUT2D eigenvalue weighted by Gasteiger charge is -2.23. The molecule has 0 radical (unpaired) electrons. The Labute approximate surface area is 261 Å². The van der Waals surface area contributed by atoms with E-state index in [2.05, 4.69) is 5.32 Å². The number of methoxy groups -OCH3 is 1. The number of fused-ring (bicyclic) bond motifs is 1. The number of carbonyl (C=O) groups excluding carboxylic acids is 2. The van der Waals surface area contributed by atoms with E-state index in [0.29, 0.717) is 39.6 Å². The Kier molecular flexibility index (Phi) is 8.61. The van der Waals surface area contributed by atoms with Gasteiger partial charge in [-0.05, 0) is 48.0 Å². The fraction of sp³-hybridized carbons (Fsp3) is 0.147. The molecule has 1 N–H and O–H groups in total. The van der Waals surface area contributed by atoms with E-state index in [9.17, 15) is 18.4 Å². The number of carbonyl (C=O) groups is 2. The number of nitrogens with one attached hydrogen (secondary N) is 1. The molecule has 11 heteroatoms. The van der Waals surface area contributed by atoms with Gasteiger partial charge in [0.25, 0.3) is 0 Å². The molecule has 2 heterocycles. The number of nitrogens with zero attached hydrogens (tertiary/aromatic N) is 3. The van der Waals surface area contributed by atoms with Crippen LogP contribution in [0.4, 0.5) is 19.0 Å². The fourth-order valence-corrected chi connectivity index (χ4v) is 6.41. The van der Waals surface area contributed by atoms with Crippen molar-refractivity contribution < 1.29 is 27.5 Å². The van der Waals surface area contributed by atoms with Gasteiger partial charge in [-0.3, -0.25) is 14.5 Å². The highest BCUT2D eigenvalue weighted by molar-refractivity contribution is 8.00. The molecular weight excluding hydrogens is 601 g/mol. The van der Waals surface area contributed by atoms with Crippen LogP contribution in [-0.2, 0) is 16.1 Å². The van der Waals surface area contributed by atoms with E-state index in [1.807, 2.05) is 30.3 Å². The van der Waals surface area contributed by atoms with Crippen LogP contribution in [0.25, 0.3) is 16.9 Å². The van der Waals surface area contributed by atoms with Crippen LogP contribution in [-0.4, -0.2) is 41.0 Å². The molecule has 7 nitrogen and oxygen atoms in total. The van der Waals surface area contributed by atoms with Crippen molar-refractivity contribution in [1.82, 2.24) is 15.1 Å². The predicted molar refractivity (Wildman–Crippen MR) is 167 cm³/mol. The first kappa shape index (κ1) is 30.0. The number of ether oxygens (including phenoxy) is 1. The van der Waals surface area contributed by atoms with Gasteiger partial charge in [-0.2, -0.15) is 5.10 Å². The van der Waals surface area contributed by atoms with Crippen molar-refractivity contribution in [3.63, 3.8) is 0 Å². The standard InChI is InChI=1S/C34H27F3N4O3S/c1-44-26-14-12-25(13-15-26)41-34-31(32(39-41)22-5-3-2-4-6-22)33(27-16-11-24(36)17-28(27)37)45-20-30(43)40(34)19-29(42)38-18-21-7-9-23(35)10-8-21/h2-17,33H,18-20H2,1H3,(H,38,42). The number of amides is 2. The molecular formula is C34H27F3N4O3S. The molecule has 6 rings (SSSR count). The van der Waals surface area contributed by atoms with Crippen LogP contribution in [0.3, 0.4) is 0 Å². The molecule has 1 unspecified atom stereocenters. The number of rotatable bonds is 8. The van der Waals surface area contributed by atoms with Crippen LogP contribution in [0.1, 0.15) is 21.9 Å². The molecule has 0 bridgehead atoms. The number of halogens is 3. The SMILES string of the molecule is COc1ccc(-n2nc(-c3ccccc3)c3c2N(CC(=O)NCc2ccc(F)cc2)C(=O)CSC3c2ccc(F)cc2F)cc1. The van der Waals surface area contributed by atoms with Gasteiger partial charge in [0.1, 0.15) is 35.6 Å². The number of benzene rings is 4. The highest BCUT2D eigenvalue weighted by Crippen LogP contribution is 2.49. The van der Waals surface area contributed by atoms with Gasteiger partial charge in [0, 0.05) is 29.3 Å². The van der Waals surface area contributed by atoms with Crippen molar-refractivity contribution in [3.8, 4) is 22.7 Å². The lowest BCUT2D eigenvalue weighted by molar-refractivity contribution is -0.123. The fourth-order valence-electron chi connectivity index (χ4n) is 5.19. The molecule has 228 valence electrons. The Morgan fingerprint density at radius 3 is 2.36 bits per heavy atom. The van der Waals surface area contributed by atoms with Gasteiger partial charge in [0.2, 0.25) is 11.8 Å². The van der Waals surface area contributed by atoms with E-state index in [-0.39, 0.29) is 24.4 Å². The molecule has 0 spiro atoms. The molecule has 0 saturated heterocycles. The Morgan fingerprint density at radius 1 is 0.956 bits per heavy atom. The zero-order valence-corrected chi connectivity index (χ0v) is 24.9. The summed E-state index contributed by atoms with van der Waals surface area (Å²) in [6.07, 6.45) is 0. The zero-order valence-electron chi connectivity index (χ0n) is 24.0. The average molecular weight is 629 g/mol. The van der Waals surface area contributed by atoms with Gasteiger partial charge >= 0.3 is 0 Å². The highest BCUT2D eigenvalue weighted by atomic mass is 32.2. The van der Waals surface area contributed by atoms with Gasteiger partial charge in [-0.1, -0.05) is 48.5 Å². The van der Waals surface area contributed by atoms with Crippen LogP contribution < -0.4 is 15.0 Å². The number of aromatic nitrogens is 2. The van der Waals surface area contributed by atoms with Crippen molar-refractivity contribution in [3.05, 3.63) is 131 Å². The third-order valence-corrected chi connectivity index (χ3v) is 8.64. The molecule has 5 aromatic rings. The van der Waals surface area contributed by atoms with Gasteiger partial charge < -0.3 is 10.1 Å². The summed E-state index contributed by atoms with van der Waals surface area (Å²) in [5.74, 6) is -1.90. The normalized spacial score (nSPS) is 14.5. The average Bonchev–Trinajstić information content (AvgIpc) is 3.38. The number of hydrogen-bond acceptors (Lipinski definition) is 5. The van der Waals surface area contributed by atoms with E-state index in [1.54, 1.807) is 48.2 Å². The first-order valence-corrected chi connectivity index (χ1v) is 15.1. The first-order valence-electron chi connectivity index (χ1n) is 14.0. The number of anilines is 1. The number of hydrogen-bond donors (Lipinski definition) is 1. The highest BCUT2D eigenvalue weighted by Gasteiger charge is 2.38. The minimum Gasteiger partial charge on any atom is -0.497 e. The predicted octanol–water partition coefficient (Wildman–Crippen LogP) is 6.45. The van der Waals surface area contributed by atoms with Crippen LogP contribution in [0, 0.1) is 17.5 Å². The van der Waals surface area contributed by atoms with E-state index < -0.39 is 34.5 Å². The molecule has 0 aliphatic carbocycles. The van der Waals surface area contributed by atoms with E-state index in [0.717, 1.165) is 6.07 Å². The summed E-state index contributed by atoms with van der Waals surface area (Å²) < 4.78 is 49.7. The molecule has 1 atom stereocenters. The van der Waals surface area contributed by atoms with Crippen molar-refractivity contribution >= 4 is 29.4 Å². The minimum atomic E-state index is -0.765. The summed E-state index contributed by atoms with van der Waals surface area (Å²) in [6, 6.07) is 25.4. The lowest BCUT2D eigenvalue weighted by Crippen LogP contribution is -2.42. The quantitative estimate of drug-likeness (QED) is 0.214. The van der Waals surface area contributed by atoms with E-state index >= 15 is 4.39 Å². The van der Waals surface area contributed by atoms with Gasteiger partial charge in [0.05, 0.1) is 29.5 Å². The van der Waals surface area contributed by atoms with Gasteiger partial charge in [0.15, 0.2) is 0 Å². The maximum absolute atomic E-state index is 15.4. The number of thioether (sulfide) groups is 1. The monoisotopic (exact) mass is 628 g/mol.